The van der Waals surface area contributed by atoms with Crippen LogP contribution in [0.2, 0.25) is 0 Å². The molecule has 0 atom stereocenters. The molecular weight excluding hydrogens is 191 g/mol. The Morgan fingerprint density at radius 1 is 1.23 bits per heavy atom. The highest BCUT2D eigenvalue weighted by Gasteiger charge is 2.35. The molecule has 0 spiro atoms. The van der Waals surface area contributed by atoms with Crippen LogP contribution < -0.4 is 0 Å². The Kier molecular flexibility index (Phi) is 5.45. The van der Waals surface area contributed by atoms with Crippen molar-refractivity contribution < 1.29 is 18.4 Å². The second-order valence-corrected chi connectivity index (χ2v) is 4.78. The molecule has 0 amide bonds. The molecule has 0 saturated heterocycles. The van der Waals surface area contributed by atoms with Crippen molar-refractivity contribution in [2.24, 2.45) is 5.92 Å². The second kappa shape index (κ2) is 5.53. The molecule has 0 radical (unpaired) electrons. The lowest BCUT2D eigenvalue weighted by Crippen LogP contribution is -2.12. The van der Waals surface area contributed by atoms with Crippen LogP contribution in [-0.4, -0.2) is 18.7 Å². The zero-order valence-electron chi connectivity index (χ0n) is 8.57. The third-order valence-electron chi connectivity index (χ3n) is 1.36. The van der Waals surface area contributed by atoms with E-state index >= 15 is 0 Å². The van der Waals surface area contributed by atoms with Crippen molar-refractivity contribution in [1.82, 2.24) is 0 Å². The maximum Gasteiger partial charge on any atom is 0.396 e. The van der Waals surface area contributed by atoms with Gasteiger partial charge in [0.15, 0.2) is 0 Å². The van der Waals surface area contributed by atoms with Crippen LogP contribution in [0.4, 0.5) is 0 Å². The number of carbonyl (C=O) groups excluding carboxylic acids is 1. The van der Waals surface area contributed by atoms with E-state index in [1.165, 1.54) is 0 Å². The molecule has 0 aromatic rings. The van der Waals surface area contributed by atoms with Gasteiger partial charge in [0.05, 0.1) is 13.2 Å². The molecule has 0 unspecified atom stereocenters. The van der Waals surface area contributed by atoms with Crippen molar-refractivity contribution in [3.05, 3.63) is 0 Å². The average molecular weight is 208 g/mol. The second-order valence-electron chi connectivity index (χ2n) is 2.83. The zero-order valence-corrected chi connectivity index (χ0v) is 9.47. The van der Waals surface area contributed by atoms with Gasteiger partial charge in [-0.05, 0) is 13.8 Å². The summed E-state index contributed by atoms with van der Waals surface area (Å²) in [4.78, 5) is 11.4. The predicted octanol–water partition coefficient (Wildman–Crippen LogP) is 2.44. The van der Waals surface area contributed by atoms with Crippen LogP contribution in [0.5, 0.6) is 0 Å². The molecule has 78 valence electrons. The number of hydrogen-bond acceptors (Lipinski definition) is 4. The molecular formula is C8H17O4P. The van der Waals surface area contributed by atoms with Gasteiger partial charge in [-0.15, -0.1) is 0 Å². The summed E-state index contributed by atoms with van der Waals surface area (Å²) in [7, 11) is -3.51. The first-order valence-corrected chi connectivity index (χ1v) is 5.95. The number of hydrogen-bond donors (Lipinski definition) is 0. The average Bonchev–Trinajstić information content (AvgIpc) is 2.03. The molecule has 0 aromatic carbocycles. The fourth-order valence-corrected chi connectivity index (χ4v) is 2.46. The molecule has 0 N–H and O–H groups in total. The van der Waals surface area contributed by atoms with E-state index in [0.29, 0.717) is 0 Å². The first-order valence-electron chi connectivity index (χ1n) is 4.41. The van der Waals surface area contributed by atoms with Crippen molar-refractivity contribution in [3.8, 4) is 0 Å². The van der Waals surface area contributed by atoms with Gasteiger partial charge < -0.3 is 9.05 Å². The molecule has 0 bridgehead atoms. The topological polar surface area (TPSA) is 52.6 Å². The van der Waals surface area contributed by atoms with Crippen LogP contribution in [0.25, 0.3) is 0 Å². The Balaban J connectivity index is 4.58. The zero-order chi connectivity index (χ0) is 10.5. The van der Waals surface area contributed by atoms with E-state index in [0.717, 1.165) is 0 Å². The fraction of sp³-hybridized carbons (Fsp3) is 0.875. The Morgan fingerprint density at radius 2 is 1.62 bits per heavy atom. The lowest BCUT2D eigenvalue weighted by Gasteiger charge is -2.16. The summed E-state index contributed by atoms with van der Waals surface area (Å²) in [5.41, 5.74) is -0.448. The highest BCUT2D eigenvalue weighted by molar-refractivity contribution is 7.71. The van der Waals surface area contributed by atoms with Crippen molar-refractivity contribution in [2.75, 3.05) is 13.2 Å². The predicted molar refractivity (Wildman–Crippen MR) is 50.7 cm³/mol. The minimum atomic E-state index is -3.51. The maximum atomic E-state index is 11.8. The first kappa shape index (κ1) is 12.8. The number of rotatable bonds is 6. The third-order valence-corrected chi connectivity index (χ3v) is 3.61. The van der Waals surface area contributed by atoms with Gasteiger partial charge in [0.1, 0.15) is 0 Å². The van der Waals surface area contributed by atoms with E-state index in [2.05, 4.69) is 0 Å². The van der Waals surface area contributed by atoms with Gasteiger partial charge in [0.25, 0.3) is 0 Å². The molecule has 0 aromatic heterocycles. The van der Waals surface area contributed by atoms with Crippen molar-refractivity contribution in [1.29, 1.82) is 0 Å². The van der Waals surface area contributed by atoms with Gasteiger partial charge in [-0.25, -0.2) is 0 Å². The minimum Gasteiger partial charge on any atom is -0.303 e. The first-order chi connectivity index (χ1) is 5.98. The largest absolute Gasteiger partial charge is 0.396 e. The van der Waals surface area contributed by atoms with Gasteiger partial charge in [-0.2, -0.15) is 0 Å². The van der Waals surface area contributed by atoms with E-state index in [1.807, 2.05) is 0 Å². The Morgan fingerprint density at radius 3 is 1.85 bits per heavy atom. The quantitative estimate of drug-likeness (QED) is 0.629. The van der Waals surface area contributed by atoms with Crippen LogP contribution >= 0.6 is 7.60 Å². The van der Waals surface area contributed by atoms with E-state index in [4.69, 9.17) is 9.05 Å². The summed E-state index contributed by atoms with van der Waals surface area (Å²) in [5.74, 6) is -0.330. The molecule has 0 rings (SSSR count). The highest BCUT2D eigenvalue weighted by Crippen LogP contribution is 2.50. The van der Waals surface area contributed by atoms with Crippen LogP contribution in [-0.2, 0) is 18.4 Å². The van der Waals surface area contributed by atoms with Gasteiger partial charge >= 0.3 is 7.60 Å². The number of carbonyl (C=O) groups is 1. The summed E-state index contributed by atoms with van der Waals surface area (Å²) in [6.07, 6.45) is 0. The fourth-order valence-electron chi connectivity index (χ4n) is 0.821. The normalized spacial score (nSPS) is 12.1. The molecule has 0 fully saturated rings. The smallest absolute Gasteiger partial charge is 0.303 e. The molecule has 4 nitrogen and oxygen atoms in total. The summed E-state index contributed by atoms with van der Waals surface area (Å²) >= 11 is 0. The molecule has 5 heteroatoms. The molecule has 0 aliphatic rings. The SMILES string of the molecule is CCOP(=O)(OCC)C(=O)C(C)C. The minimum absolute atomic E-state index is 0.218. The lowest BCUT2D eigenvalue weighted by molar-refractivity contribution is -0.116. The monoisotopic (exact) mass is 208 g/mol. The van der Waals surface area contributed by atoms with E-state index in [1.54, 1.807) is 27.7 Å². The Hall–Kier alpha value is -0.180. The third kappa shape index (κ3) is 3.59. The van der Waals surface area contributed by atoms with Crippen molar-refractivity contribution in [3.63, 3.8) is 0 Å². The van der Waals surface area contributed by atoms with Crippen LogP contribution in [0.15, 0.2) is 0 Å². The van der Waals surface area contributed by atoms with Crippen molar-refractivity contribution >= 4 is 13.1 Å². The van der Waals surface area contributed by atoms with Crippen LogP contribution in [0.3, 0.4) is 0 Å². The molecule has 0 heterocycles. The van der Waals surface area contributed by atoms with Gasteiger partial charge in [-0.3, -0.25) is 9.36 Å². The molecule has 0 saturated carbocycles. The molecule has 0 aliphatic heterocycles. The summed E-state index contributed by atoms with van der Waals surface area (Å²) < 4.78 is 21.5. The standard InChI is InChI=1S/C8H17O4P/c1-5-11-13(10,12-6-2)8(9)7(3)4/h7H,5-6H2,1-4H3. The molecule has 13 heavy (non-hydrogen) atoms. The van der Waals surface area contributed by atoms with Crippen molar-refractivity contribution in [2.45, 2.75) is 27.7 Å². The maximum absolute atomic E-state index is 11.8. The summed E-state index contributed by atoms with van der Waals surface area (Å²) in [5, 5.41) is 0. The van der Waals surface area contributed by atoms with Gasteiger partial charge in [0, 0.05) is 5.92 Å². The Bertz CT molecular complexity index is 202. The lowest BCUT2D eigenvalue weighted by atomic mass is 10.3. The molecule has 0 aliphatic carbocycles. The van der Waals surface area contributed by atoms with E-state index < -0.39 is 13.1 Å². The highest BCUT2D eigenvalue weighted by atomic mass is 31.2. The Labute approximate surface area is 79.1 Å². The van der Waals surface area contributed by atoms with E-state index in [-0.39, 0.29) is 19.1 Å². The van der Waals surface area contributed by atoms with E-state index in [9.17, 15) is 9.36 Å². The summed E-state index contributed by atoms with van der Waals surface area (Å²) in [6.45, 7) is 7.14. The van der Waals surface area contributed by atoms with Gasteiger partial charge in [0.2, 0.25) is 5.52 Å². The van der Waals surface area contributed by atoms with Crippen LogP contribution in [0, 0.1) is 5.92 Å². The van der Waals surface area contributed by atoms with Crippen LogP contribution in [0.1, 0.15) is 27.7 Å². The van der Waals surface area contributed by atoms with Gasteiger partial charge in [-0.1, -0.05) is 13.8 Å². The summed E-state index contributed by atoms with van der Waals surface area (Å²) in [6, 6.07) is 0.